The minimum atomic E-state index is -4.80. The molecule has 4 N–H and O–H groups in total. The van der Waals surface area contributed by atoms with Gasteiger partial charge in [-0.15, -0.1) is 10.2 Å². The van der Waals surface area contributed by atoms with Crippen LogP contribution in [0.2, 0.25) is 10.0 Å². The maximum absolute atomic E-state index is 12.8. The van der Waals surface area contributed by atoms with E-state index in [0.29, 0.717) is 0 Å². The molecule has 18 heavy (non-hydrogen) atoms. The van der Waals surface area contributed by atoms with Crippen LogP contribution < -0.4 is 11.5 Å². The summed E-state index contributed by atoms with van der Waals surface area (Å²) >= 11 is 11.3. The Balaban J connectivity index is 3.46. The second kappa shape index (κ2) is 5.45. The second-order valence-corrected chi connectivity index (χ2v) is 3.88. The molecule has 0 aliphatic heterocycles. The van der Waals surface area contributed by atoms with Crippen molar-refractivity contribution in [2.45, 2.75) is 6.18 Å². The van der Waals surface area contributed by atoms with E-state index >= 15 is 0 Å². The summed E-state index contributed by atoms with van der Waals surface area (Å²) < 4.78 is 38.5. The Kier molecular flexibility index (Phi) is 4.42. The Morgan fingerprint density at radius 3 is 1.94 bits per heavy atom. The third kappa shape index (κ3) is 3.51. The van der Waals surface area contributed by atoms with Gasteiger partial charge in [0.1, 0.15) is 0 Å². The number of guanidine groups is 1. The highest BCUT2D eigenvalue weighted by molar-refractivity contribution is 6.40. The first-order chi connectivity index (χ1) is 8.23. The number of rotatable bonds is 2. The molecule has 1 rings (SSSR count). The van der Waals surface area contributed by atoms with Gasteiger partial charge in [0.25, 0.3) is 0 Å². The van der Waals surface area contributed by atoms with Gasteiger partial charge in [-0.1, -0.05) is 29.3 Å². The van der Waals surface area contributed by atoms with E-state index in [-0.39, 0.29) is 10.0 Å². The second-order valence-electron chi connectivity index (χ2n) is 3.07. The van der Waals surface area contributed by atoms with Crippen LogP contribution in [-0.4, -0.2) is 17.8 Å². The Bertz CT molecular complexity index is 487. The Labute approximate surface area is 110 Å². The predicted molar refractivity (Wildman–Crippen MR) is 64.9 cm³/mol. The molecule has 9 heteroatoms. The van der Waals surface area contributed by atoms with E-state index in [1.807, 2.05) is 0 Å². The van der Waals surface area contributed by atoms with Crippen molar-refractivity contribution >= 4 is 34.9 Å². The maximum Gasteiger partial charge on any atom is 0.435 e. The van der Waals surface area contributed by atoms with Crippen molar-refractivity contribution in [3.63, 3.8) is 0 Å². The quantitative estimate of drug-likeness (QED) is 0.500. The summed E-state index contributed by atoms with van der Waals surface area (Å²) in [7, 11) is 0. The van der Waals surface area contributed by atoms with Gasteiger partial charge >= 0.3 is 6.18 Å². The monoisotopic (exact) mass is 298 g/mol. The Morgan fingerprint density at radius 1 is 1.06 bits per heavy atom. The van der Waals surface area contributed by atoms with Crippen molar-refractivity contribution in [3.05, 3.63) is 33.8 Å². The van der Waals surface area contributed by atoms with Crippen LogP contribution in [0.5, 0.6) is 0 Å². The van der Waals surface area contributed by atoms with Crippen LogP contribution in [0.1, 0.15) is 5.56 Å². The fourth-order valence-corrected chi connectivity index (χ4v) is 1.66. The molecule has 0 heterocycles. The minimum absolute atomic E-state index is 0.204. The highest BCUT2D eigenvalue weighted by Gasteiger charge is 2.39. The van der Waals surface area contributed by atoms with Crippen molar-refractivity contribution in [2.75, 3.05) is 0 Å². The SMILES string of the molecule is NC(N)=N/N=C(/c1c(Cl)cccc1Cl)C(F)(F)F. The maximum atomic E-state index is 12.8. The molecule has 0 aromatic heterocycles. The van der Waals surface area contributed by atoms with Crippen molar-refractivity contribution in [1.82, 2.24) is 0 Å². The van der Waals surface area contributed by atoms with E-state index in [4.69, 9.17) is 34.7 Å². The topological polar surface area (TPSA) is 76.8 Å². The minimum Gasteiger partial charge on any atom is -0.369 e. The molecule has 0 spiro atoms. The van der Waals surface area contributed by atoms with Crippen molar-refractivity contribution < 1.29 is 13.2 Å². The molecular formula is C9H7Cl2F3N4. The zero-order valence-electron chi connectivity index (χ0n) is 8.67. The summed E-state index contributed by atoms with van der Waals surface area (Å²) in [5, 5.41) is 5.51. The molecule has 0 bridgehead atoms. The van der Waals surface area contributed by atoms with Crippen molar-refractivity contribution in [2.24, 2.45) is 21.7 Å². The van der Waals surface area contributed by atoms with E-state index in [2.05, 4.69) is 10.2 Å². The lowest BCUT2D eigenvalue weighted by molar-refractivity contribution is -0.0582. The number of nitrogens with zero attached hydrogens (tertiary/aromatic N) is 2. The fraction of sp³-hybridized carbons (Fsp3) is 0.111. The van der Waals surface area contributed by atoms with Gasteiger partial charge in [-0.25, -0.2) is 0 Å². The largest absolute Gasteiger partial charge is 0.435 e. The molecule has 0 aliphatic rings. The first-order valence-corrected chi connectivity index (χ1v) is 5.17. The Morgan fingerprint density at radius 2 is 1.56 bits per heavy atom. The zero-order chi connectivity index (χ0) is 13.9. The van der Waals surface area contributed by atoms with Gasteiger partial charge in [-0.2, -0.15) is 13.2 Å². The smallest absolute Gasteiger partial charge is 0.369 e. The van der Waals surface area contributed by atoms with Crippen LogP contribution in [0, 0.1) is 0 Å². The first kappa shape index (κ1) is 14.6. The third-order valence-electron chi connectivity index (χ3n) is 1.73. The molecule has 0 radical (unpaired) electrons. The van der Waals surface area contributed by atoms with E-state index in [1.165, 1.54) is 18.2 Å². The Hall–Kier alpha value is -1.47. The third-order valence-corrected chi connectivity index (χ3v) is 2.36. The number of hydrogen-bond acceptors (Lipinski definition) is 2. The van der Waals surface area contributed by atoms with Crippen LogP contribution in [0.25, 0.3) is 0 Å². The number of hydrogen-bond donors (Lipinski definition) is 2. The number of alkyl halides is 3. The molecule has 98 valence electrons. The molecule has 0 saturated heterocycles. The summed E-state index contributed by atoms with van der Waals surface area (Å²) in [4.78, 5) is 0. The predicted octanol–water partition coefficient (Wildman–Crippen LogP) is 2.53. The summed E-state index contributed by atoms with van der Waals surface area (Å²) in [5.41, 5.74) is 8.01. The van der Waals surface area contributed by atoms with E-state index in [9.17, 15) is 13.2 Å². The number of halogens is 5. The standard InChI is InChI=1S/C9H7Cl2F3N4/c10-4-2-1-3-5(11)6(4)7(9(12,13)14)17-18-8(15)16/h1-3H,(H4,15,16,18)/b17-7-. The summed E-state index contributed by atoms with van der Waals surface area (Å²) in [6.07, 6.45) is -4.80. The summed E-state index contributed by atoms with van der Waals surface area (Å²) in [6, 6.07) is 3.90. The summed E-state index contributed by atoms with van der Waals surface area (Å²) in [5.74, 6) is -0.611. The molecular weight excluding hydrogens is 292 g/mol. The van der Waals surface area contributed by atoms with Gasteiger partial charge in [0.05, 0.1) is 10.0 Å². The summed E-state index contributed by atoms with van der Waals surface area (Å²) in [6.45, 7) is 0. The first-order valence-electron chi connectivity index (χ1n) is 4.41. The van der Waals surface area contributed by atoms with Gasteiger partial charge in [-0.05, 0) is 12.1 Å². The molecule has 0 fully saturated rings. The molecule has 1 aromatic carbocycles. The lowest BCUT2D eigenvalue weighted by atomic mass is 10.1. The van der Waals surface area contributed by atoms with E-state index in [0.717, 1.165) is 0 Å². The van der Waals surface area contributed by atoms with Crippen LogP contribution in [0.3, 0.4) is 0 Å². The van der Waals surface area contributed by atoms with Gasteiger partial charge in [0.2, 0.25) is 5.96 Å². The average Bonchev–Trinajstić information content (AvgIpc) is 2.20. The highest BCUT2D eigenvalue weighted by atomic mass is 35.5. The molecule has 0 saturated carbocycles. The van der Waals surface area contributed by atoms with Crippen LogP contribution in [0.4, 0.5) is 13.2 Å². The fourth-order valence-electron chi connectivity index (χ4n) is 1.08. The lowest BCUT2D eigenvalue weighted by Crippen LogP contribution is -2.26. The average molecular weight is 299 g/mol. The molecule has 1 aromatic rings. The lowest BCUT2D eigenvalue weighted by Gasteiger charge is -2.12. The van der Waals surface area contributed by atoms with Crippen molar-refractivity contribution in [1.29, 1.82) is 0 Å². The molecule has 4 nitrogen and oxygen atoms in total. The normalized spacial score (nSPS) is 12.4. The molecule has 0 atom stereocenters. The zero-order valence-corrected chi connectivity index (χ0v) is 10.2. The van der Waals surface area contributed by atoms with Crippen LogP contribution in [-0.2, 0) is 0 Å². The highest BCUT2D eigenvalue weighted by Crippen LogP contribution is 2.32. The van der Waals surface area contributed by atoms with E-state index in [1.54, 1.807) is 0 Å². The van der Waals surface area contributed by atoms with Gasteiger partial charge in [-0.3, -0.25) is 0 Å². The van der Waals surface area contributed by atoms with E-state index < -0.39 is 23.4 Å². The number of nitrogens with two attached hydrogens (primary N) is 2. The van der Waals surface area contributed by atoms with Gasteiger partial charge < -0.3 is 11.5 Å². The van der Waals surface area contributed by atoms with Crippen LogP contribution >= 0.6 is 23.2 Å². The van der Waals surface area contributed by atoms with Gasteiger partial charge in [0, 0.05) is 5.56 Å². The van der Waals surface area contributed by atoms with Gasteiger partial charge in [0.15, 0.2) is 5.71 Å². The molecule has 0 unspecified atom stereocenters. The molecule has 0 aliphatic carbocycles. The van der Waals surface area contributed by atoms with Crippen molar-refractivity contribution in [3.8, 4) is 0 Å². The molecule has 0 amide bonds. The number of benzene rings is 1. The van der Waals surface area contributed by atoms with Crippen LogP contribution in [0.15, 0.2) is 28.4 Å².